The minimum atomic E-state index is 0.501. The van der Waals surface area contributed by atoms with Crippen LogP contribution in [0.15, 0.2) is 30.3 Å². The zero-order valence-electron chi connectivity index (χ0n) is 15.1. The van der Waals surface area contributed by atoms with E-state index in [0.717, 1.165) is 28.6 Å². The van der Waals surface area contributed by atoms with Gasteiger partial charge in [-0.15, -0.1) is 0 Å². The lowest BCUT2D eigenvalue weighted by atomic mass is 10.0. The Bertz CT molecular complexity index is 765. The van der Waals surface area contributed by atoms with E-state index in [1.54, 1.807) is 0 Å². The van der Waals surface area contributed by atoms with Crippen molar-refractivity contribution >= 4 is 40.7 Å². The van der Waals surface area contributed by atoms with Crippen LogP contribution in [0.4, 0.5) is 11.8 Å². The molecule has 0 saturated carbocycles. The van der Waals surface area contributed by atoms with Gasteiger partial charge in [0.25, 0.3) is 0 Å². The normalized spacial score (nSPS) is 17.0. The van der Waals surface area contributed by atoms with Crippen LogP contribution in [0, 0.1) is 6.92 Å². The summed E-state index contributed by atoms with van der Waals surface area (Å²) in [7, 11) is 0. The molecular weight excluding hydrogens is 366 g/mol. The molecule has 0 aliphatic carbocycles. The number of piperidine rings is 1. The van der Waals surface area contributed by atoms with Crippen LogP contribution in [0.1, 0.15) is 37.4 Å². The molecule has 7 heteroatoms. The Balaban J connectivity index is 1.63. The highest BCUT2D eigenvalue weighted by Gasteiger charge is 2.20. The number of benzene rings is 1. The summed E-state index contributed by atoms with van der Waals surface area (Å²) >= 11 is 11.3. The maximum absolute atomic E-state index is 5.91. The fourth-order valence-electron chi connectivity index (χ4n) is 3.12. The van der Waals surface area contributed by atoms with E-state index in [0.29, 0.717) is 23.6 Å². The molecule has 138 valence electrons. The van der Waals surface area contributed by atoms with E-state index in [2.05, 4.69) is 32.4 Å². The molecule has 1 saturated heterocycles. The number of rotatable bonds is 4. The average Bonchev–Trinajstić information content (AvgIpc) is 2.61. The molecule has 1 atom stereocenters. The van der Waals surface area contributed by atoms with Gasteiger partial charge in [-0.3, -0.25) is 0 Å². The largest absolute Gasteiger partial charge is 0.358 e. The van der Waals surface area contributed by atoms with E-state index >= 15 is 0 Å². The Morgan fingerprint density at radius 2 is 2.04 bits per heavy atom. The summed E-state index contributed by atoms with van der Waals surface area (Å²) in [6.07, 6.45) is 3.69. The zero-order valence-corrected chi connectivity index (χ0v) is 16.7. The first kappa shape index (κ1) is 18.9. The SMILES string of the molecule is Cc1cc(N2CCCCC2C)nc(NC(=S)NCc2ccc(Cl)cc2)n1. The highest BCUT2D eigenvalue weighted by atomic mass is 35.5. The maximum atomic E-state index is 5.91. The van der Waals surface area contributed by atoms with Gasteiger partial charge in [0, 0.05) is 35.9 Å². The molecule has 0 bridgehead atoms. The number of nitrogens with one attached hydrogen (secondary N) is 2. The van der Waals surface area contributed by atoms with Gasteiger partial charge in [-0.25, -0.2) is 4.98 Å². The van der Waals surface area contributed by atoms with E-state index in [-0.39, 0.29) is 0 Å². The van der Waals surface area contributed by atoms with E-state index < -0.39 is 0 Å². The van der Waals surface area contributed by atoms with Crippen molar-refractivity contribution in [2.45, 2.75) is 45.7 Å². The Kier molecular flexibility index (Phi) is 6.27. The second kappa shape index (κ2) is 8.64. The number of hydrogen-bond acceptors (Lipinski definition) is 4. The molecule has 2 aromatic rings. The number of anilines is 2. The third kappa shape index (κ3) is 5.05. The number of hydrogen-bond donors (Lipinski definition) is 2. The van der Waals surface area contributed by atoms with Crippen LogP contribution in [-0.2, 0) is 6.54 Å². The van der Waals surface area contributed by atoms with Gasteiger partial charge in [-0.1, -0.05) is 23.7 Å². The van der Waals surface area contributed by atoms with E-state index in [1.165, 1.54) is 19.3 Å². The number of halogens is 1. The van der Waals surface area contributed by atoms with Crippen LogP contribution in [0.3, 0.4) is 0 Å². The number of nitrogens with zero attached hydrogens (tertiary/aromatic N) is 3. The molecule has 1 fully saturated rings. The summed E-state index contributed by atoms with van der Waals surface area (Å²) in [4.78, 5) is 11.5. The molecule has 1 unspecified atom stereocenters. The molecule has 1 aromatic heterocycles. The highest BCUT2D eigenvalue weighted by Crippen LogP contribution is 2.24. The van der Waals surface area contributed by atoms with Gasteiger partial charge in [0.2, 0.25) is 5.95 Å². The first-order valence-corrected chi connectivity index (χ1v) is 9.71. The van der Waals surface area contributed by atoms with Crippen LogP contribution in [0.25, 0.3) is 0 Å². The second-order valence-corrected chi connectivity index (χ2v) is 7.51. The molecule has 1 aliphatic rings. The quantitative estimate of drug-likeness (QED) is 0.760. The Labute approximate surface area is 165 Å². The minimum absolute atomic E-state index is 0.501. The lowest BCUT2D eigenvalue weighted by molar-refractivity contribution is 0.481. The van der Waals surface area contributed by atoms with Crippen molar-refractivity contribution < 1.29 is 0 Å². The first-order valence-electron chi connectivity index (χ1n) is 8.93. The third-order valence-corrected chi connectivity index (χ3v) is 5.03. The zero-order chi connectivity index (χ0) is 18.5. The van der Waals surface area contributed by atoms with Crippen molar-refractivity contribution in [3.63, 3.8) is 0 Å². The van der Waals surface area contributed by atoms with E-state index in [9.17, 15) is 0 Å². The van der Waals surface area contributed by atoms with Crippen molar-refractivity contribution in [2.24, 2.45) is 0 Å². The summed E-state index contributed by atoms with van der Waals surface area (Å²) in [5, 5.41) is 7.51. The van der Waals surface area contributed by atoms with E-state index in [4.69, 9.17) is 23.8 Å². The molecule has 1 aromatic carbocycles. The second-order valence-electron chi connectivity index (χ2n) is 6.66. The van der Waals surface area contributed by atoms with Crippen LogP contribution < -0.4 is 15.5 Å². The molecule has 2 heterocycles. The van der Waals surface area contributed by atoms with Gasteiger partial charge >= 0.3 is 0 Å². The Morgan fingerprint density at radius 1 is 1.27 bits per heavy atom. The molecule has 3 rings (SSSR count). The molecule has 26 heavy (non-hydrogen) atoms. The predicted molar refractivity (Wildman–Crippen MR) is 112 cm³/mol. The molecule has 2 N–H and O–H groups in total. The summed E-state index contributed by atoms with van der Waals surface area (Å²) in [5.74, 6) is 1.50. The van der Waals surface area contributed by atoms with Gasteiger partial charge in [0.15, 0.2) is 5.11 Å². The van der Waals surface area contributed by atoms with Gasteiger partial charge in [0.1, 0.15) is 5.82 Å². The predicted octanol–water partition coefficient (Wildman–Crippen LogP) is 4.30. The molecule has 0 amide bonds. The Morgan fingerprint density at radius 3 is 2.77 bits per heavy atom. The lowest BCUT2D eigenvalue weighted by Gasteiger charge is -2.34. The van der Waals surface area contributed by atoms with Crippen LogP contribution in [0.5, 0.6) is 0 Å². The number of aryl methyl sites for hydroxylation is 1. The maximum Gasteiger partial charge on any atom is 0.231 e. The van der Waals surface area contributed by atoms with Crippen molar-refractivity contribution in [2.75, 3.05) is 16.8 Å². The van der Waals surface area contributed by atoms with Gasteiger partial charge < -0.3 is 15.5 Å². The summed E-state index contributed by atoms with van der Waals surface area (Å²) in [5.41, 5.74) is 2.03. The lowest BCUT2D eigenvalue weighted by Crippen LogP contribution is -2.38. The molecule has 5 nitrogen and oxygen atoms in total. The molecule has 0 spiro atoms. The summed E-state index contributed by atoms with van der Waals surface area (Å²) < 4.78 is 0. The smallest absolute Gasteiger partial charge is 0.231 e. The topological polar surface area (TPSA) is 53.1 Å². The van der Waals surface area contributed by atoms with Crippen LogP contribution >= 0.6 is 23.8 Å². The Hall–Kier alpha value is -1.92. The van der Waals surface area contributed by atoms with Crippen molar-refractivity contribution in [3.05, 3.63) is 46.6 Å². The molecule has 1 aliphatic heterocycles. The van der Waals surface area contributed by atoms with Crippen LogP contribution in [0.2, 0.25) is 5.02 Å². The van der Waals surface area contributed by atoms with Crippen molar-refractivity contribution in [1.29, 1.82) is 0 Å². The minimum Gasteiger partial charge on any atom is -0.358 e. The van der Waals surface area contributed by atoms with Crippen LogP contribution in [-0.4, -0.2) is 27.7 Å². The highest BCUT2D eigenvalue weighted by molar-refractivity contribution is 7.80. The van der Waals surface area contributed by atoms with Gasteiger partial charge in [0.05, 0.1) is 0 Å². The first-order chi connectivity index (χ1) is 12.5. The van der Waals surface area contributed by atoms with E-state index in [1.807, 2.05) is 37.3 Å². The molecule has 0 radical (unpaired) electrons. The number of thiocarbonyl (C=S) groups is 1. The van der Waals surface area contributed by atoms with Crippen molar-refractivity contribution in [3.8, 4) is 0 Å². The fraction of sp³-hybridized carbons (Fsp3) is 0.421. The fourth-order valence-corrected chi connectivity index (χ4v) is 3.41. The molecular formula is C19H24ClN5S. The van der Waals surface area contributed by atoms with Gasteiger partial charge in [-0.2, -0.15) is 4.98 Å². The summed E-state index contributed by atoms with van der Waals surface area (Å²) in [6, 6.07) is 10.2. The monoisotopic (exact) mass is 389 g/mol. The van der Waals surface area contributed by atoms with Crippen molar-refractivity contribution in [1.82, 2.24) is 15.3 Å². The summed E-state index contributed by atoms with van der Waals surface area (Å²) in [6.45, 7) is 5.89. The standard InChI is InChI=1S/C19H24ClN5S/c1-13-11-17(25-10-4-3-5-14(25)2)23-18(22-13)24-19(26)21-12-15-6-8-16(20)9-7-15/h6-9,11,14H,3-5,10,12H2,1-2H3,(H2,21,22,23,24,26). The third-order valence-electron chi connectivity index (χ3n) is 4.53. The average molecular weight is 390 g/mol. The number of aromatic nitrogens is 2. The van der Waals surface area contributed by atoms with Gasteiger partial charge in [-0.05, 0) is 63.0 Å².